The van der Waals surface area contributed by atoms with Crippen molar-refractivity contribution < 1.29 is 9.50 Å². The summed E-state index contributed by atoms with van der Waals surface area (Å²) in [6.07, 6.45) is 3.06. The van der Waals surface area contributed by atoms with E-state index in [2.05, 4.69) is 18.7 Å². The predicted octanol–water partition coefficient (Wildman–Crippen LogP) is 3.20. The highest BCUT2D eigenvalue weighted by molar-refractivity contribution is 5.49. The van der Waals surface area contributed by atoms with Crippen LogP contribution >= 0.6 is 0 Å². The van der Waals surface area contributed by atoms with Crippen LogP contribution in [0.1, 0.15) is 33.1 Å². The summed E-state index contributed by atoms with van der Waals surface area (Å²) in [6, 6.07) is 6.74. The monoisotopic (exact) mass is 251 g/mol. The van der Waals surface area contributed by atoms with Gasteiger partial charge in [0.05, 0.1) is 0 Å². The molecule has 1 fully saturated rings. The lowest BCUT2D eigenvalue weighted by Gasteiger charge is -2.47. The van der Waals surface area contributed by atoms with Crippen molar-refractivity contribution in [2.24, 2.45) is 5.92 Å². The molecule has 0 amide bonds. The smallest absolute Gasteiger partial charge is 0.123 e. The van der Waals surface area contributed by atoms with Crippen LogP contribution in [-0.2, 0) is 0 Å². The summed E-state index contributed by atoms with van der Waals surface area (Å²) in [4.78, 5) is 2.35. The molecule has 1 aliphatic heterocycles. The van der Waals surface area contributed by atoms with Gasteiger partial charge in [-0.25, -0.2) is 4.39 Å². The molecule has 100 valence electrons. The maximum atomic E-state index is 13.0. The number of aliphatic hydroxyl groups excluding tert-OH is 1. The van der Waals surface area contributed by atoms with E-state index in [0.717, 1.165) is 31.5 Å². The summed E-state index contributed by atoms with van der Waals surface area (Å²) < 4.78 is 13.0. The molecule has 1 atom stereocenters. The summed E-state index contributed by atoms with van der Waals surface area (Å²) in [5.74, 6) is 0.411. The second-order valence-corrected chi connectivity index (χ2v) is 5.81. The van der Waals surface area contributed by atoms with Gasteiger partial charge in [0.15, 0.2) is 0 Å². The fourth-order valence-corrected chi connectivity index (χ4v) is 3.06. The molecule has 0 radical (unpaired) electrons. The first-order valence-electron chi connectivity index (χ1n) is 6.67. The van der Waals surface area contributed by atoms with Crippen LogP contribution < -0.4 is 4.90 Å². The second kappa shape index (κ2) is 5.27. The van der Waals surface area contributed by atoms with Gasteiger partial charge >= 0.3 is 0 Å². The van der Waals surface area contributed by atoms with Crippen LogP contribution in [0.15, 0.2) is 24.3 Å². The molecule has 18 heavy (non-hydrogen) atoms. The van der Waals surface area contributed by atoms with Gasteiger partial charge in [0.2, 0.25) is 0 Å². The van der Waals surface area contributed by atoms with Crippen molar-refractivity contribution in [3.05, 3.63) is 30.1 Å². The number of rotatable bonds is 3. The van der Waals surface area contributed by atoms with E-state index < -0.39 is 0 Å². The van der Waals surface area contributed by atoms with Gasteiger partial charge in [0.1, 0.15) is 5.82 Å². The van der Waals surface area contributed by atoms with Crippen molar-refractivity contribution in [3.63, 3.8) is 0 Å². The predicted molar refractivity (Wildman–Crippen MR) is 72.3 cm³/mol. The first-order valence-corrected chi connectivity index (χ1v) is 6.67. The van der Waals surface area contributed by atoms with Crippen LogP contribution in [0.5, 0.6) is 0 Å². The standard InChI is InChI=1S/C15H22FNO/c1-15(2)11-12(8-10-18)7-9-17(15)14-5-3-13(16)4-6-14/h3-6,12,18H,7-11H2,1-2H3. The third-order valence-electron chi connectivity index (χ3n) is 3.96. The Morgan fingerprint density at radius 1 is 1.33 bits per heavy atom. The lowest BCUT2D eigenvalue weighted by molar-refractivity contribution is 0.205. The van der Waals surface area contributed by atoms with Gasteiger partial charge in [-0.15, -0.1) is 0 Å². The molecule has 0 saturated carbocycles. The molecule has 0 aliphatic carbocycles. The number of nitrogens with zero attached hydrogens (tertiary/aromatic N) is 1. The van der Waals surface area contributed by atoms with Crippen molar-refractivity contribution in [3.8, 4) is 0 Å². The summed E-state index contributed by atoms with van der Waals surface area (Å²) in [5, 5.41) is 9.05. The molecular formula is C15H22FNO. The maximum absolute atomic E-state index is 13.0. The molecule has 1 N–H and O–H groups in total. The van der Waals surface area contributed by atoms with E-state index in [-0.39, 0.29) is 18.0 Å². The van der Waals surface area contributed by atoms with Crippen molar-refractivity contribution in [1.82, 2.24) is 0 Å². The highest BCUT2D eigenvalue weighted by Gasteiger charge is 2.34. The number of hydrogen-bond donors (Lipinski definition) is 1. The van der Waals surface area contributed by atoms with E-state index in [1.807, 2.05) is 12.1 Å². The molecule has 0 bridgehead atoms. The largest absolute Gasteiger partial charge is 0.396 e. The molecule has 1 heterocycles. The summed E-state index contributed by atoms with van der Waals surface area (Å²) in [6.45, 7) is 5.69. The number of aliphatic hydroxyl groups is 1. The van der Waals surface area contributed by atoms with Gasteiger partial charge in [-0.05, 0) is 63.3 Å². The second-order valence-electron chi connectivity index (χ2n) is 5.81. The third-order valence-corrected chi connectivity index (χ3v) is 3.96. The molecule has 1 unspecified atom stereocenters. The Morgan fingerprint density at radius 3 is 2.56 bits per heavy atom. The van der Waals surface area contributed by atoms with Crippen molar-refractivity contribution in [2.45, 2.75) is 38.6 Å². The van der Waals surface area contributed by atoms with Crippen LogP contribution in [-0.4, -0.2) is 23.8 Å². The Hall–Kier alpha value is -1.09. The minimum absolute atomic E-state index is 0.0654. The topological polar surface area (TPSA) is 23.5 Å². The van der Waals surface area contributed by atoms with Gasteiger partial charge in [-0.1, -0.05) is 0 Å². The lowest BCUT2D eigenvalue weighted by Crippen LogP contribution is -2.50. The average molecular weight is 251 g/mol. The average Bonchev–Trinajstić information content (AvgIpc) is 2.30. The van der Waals surface area contributed by atoms with E-state index in [9.17, 15) is 4.39 Å². The van der Waals surface area contributed by atoms with Crippen molar-refractivity contribution in [2.75, 3.05) is 18.1 Å². The van der Waals surface area contributed by atoms with Gasteiger partial charge in [-0.2, -0.15) is 0 Å². The number of anilines is 1. The van der Waals surface area contributed by atoms with E-state index >= 15 is 0 Å². The minimum Gasteiger partial charge on any atom is -0.396 e. The molecule has 0 aromatic heterocycles. The van der Waals surface area contributed by atoms with E-state index in [1.165, 1.54) is 12.1 Å². The van der Waals surface area contributed by atoms with Crippen LogP contribution in [0.25, 0.3) is 0 Å². The molecule has 3 heteroatoms. The van der Waals surface area contributed by atoms with Crippen molar-refractivity contribution >= 4 is 5.69 Å². The Bertz CT molecular complexity index is 388. The fourth-order valence-electron chi connectivity index (χ4n) is 3.06. The highest BCUT2D eigenvalue weighted by Crippen LogP contribution is 2.36. The lowest BCUT2D eigenvalue weighted by atomic mass is 9.81. The Balaban J connectivity index is 2.12. The molecule has 1 aromatic carbocycles. The van der Waals surface area contributed by atoms with Crippen LogP contribution in [0, 0.1) is 11.7 Å². The molecule has 2 rings (SSSR count). The van der Waals surface area contributed by atoms with Crippen LogP contribution in [0.3, 0.4) is 0 Å². The molecule has 1 aliphatic rings. The van der Waals surface area contributed by atoms with Gasteiger partial charge < -0.3 is 10.0 Å². The van der Waals surface area contributed by atoms with Crippen LogP contribution in [0.2, 0.25) is 0 Å². The number of halogens is 1. The maximum Gasteiger partial charge on any atom is 0.123 e. The first kappa shape index (κ1) is 13.3. The zero-order valence-electron chi connectivity index (χ0n) is 11.2. The number of benzene rings is 1. The number of piperidine rings is 1. The molecule has 1 saturated heterocycles. The molecular weight excluding hydrogens is 229 g/mol. The Labute approximate surface area is 108 Å². The normalized spacial score (nSPS) is 23.1. The Morgan fingerprint density at radius 2 is 2.00 bits per heavy atom. The van der Waals surface area contributed by atoms with Gasteiger partial charge in [0.25, 0.3) is 0 Å². The van der Waals surface area contributed by atoms with E-state index in [0.29, 0.717) is 5.92 Å². The third kappa shape index (κ3) is 2.83. The highest BCUT2D eigenvalue weighted by atomic mass is 19.1. The van der Waals surface area contributed by atoms with Crippen molar-refractivity contribution in [1.29, 1.82) is 0 Å². The summed E-state index contributed by atoms with van der Waals surface area (Å²) in [5.41, 5.74) is 1.15. The van der Waals surface area contributed by atoms with Crippen LogP contribution in [0.4, 0.5) is 10.1 Å². The molecule has 2 nitrogen and oxygen atoms in total. The SMILES string of the molecule is CC1(C)CC(CCO)CCN1c1ccc(F)cc1. The molecule has 0 spiro atoms. The quantitative estimate of drug-likeness (QED) is 0.891. The van der Waals surface area contributed by atoms with E-state index in [1.54, 1.807) is 0 Å². The van der Waals surface area contributed by atoms with Gasteiger partial charge in [-0.3, -0.25) is 0 Å². The Kier molecular flexibility index (Phi) is 3.91. The van der Waals surface area contributed by atoms with Gasteiger partial charge in [0, 0.05) is 24.4 Å². The first-order chi connectivity index (χ1) is 8.53. The fraction of sp³-hybridized carbons (Fsp3) is 0.600. The zero-order valence-corrected chi connectivity index (χ0v) is 11.2. The summed E-state index contributed by atoms with van der Waals surface area (Å²) >= 11 is 0. The molecule has 1 aromatic rings. The minimum atomic E-state index is -0.188. The van der Waals surface area contributed by atoms with E-state index in [4.69, 9.17) is 5.11 Å². The zero-order chi connectivity index (χ0) is 13.2. The number of hydrogen-bond acceptors (Lipinski definition) is 2. The summed E-state index contributed by atoms with van der Waals surface area (Å²) in [7, 11) is 0.